The molecule has 0 radical (unpaired) electrons. The smallest absolute Gasteiger partial charge is 0.251 e. The van der Waals surface area contributed by atoms with Crippen LogP contribution in [0.3, 0.4) is 0 Å². The van der Waals surface area contributed by atoms with Gasteiger partial charge in [0.25, 0.3) is 5.91 Å². The molecule has 1 saturated heterocycles. The molecule has 7 nitrogen and oxygen atoms in total. The number of rotatable bonds is 4. The summed E-state index contributed by atoms with van der Waals surface area (Å²) in [5.41, 5.74) is 12.7. The van der Waals surface area contributed by atoms with E-state index in [4.69, 9.17) is 5.73 Å². The van der Waals surface area contributed by atoms with Gasteiger partial charge in [-0.25, -0.2) is 13.4 Å². The summed E-state index contributed by atoms with van der Waals surface area (Å²) in [6, 6.07) is 15.9. The van der Waals surface area contributed by atoms with Gasteiger partial charge in [0.2, 0.25) is 0 Å². The van der Waals surface area contributed by atoms with Gasteiger partial charge in [-0.3, -0.25) is 4.79 Å². The van der Waals surface area contributed by atoms with Gasteiger partial charge in [-0.1, -0.05) is 24.3 Å². The van der Waals surface area contributed by atoms with Crippen molar-refractivity contribution in [1.29, 1.82) is 0 Å². The quantitative estimate of drug-likeness (QED) is 0.618. The summed E-state index contributed by atoms with van der Waals surface area (Å²) in [5.74, 6) is 0.406. The van der Waals surface area contributed by atoms with Gasteiger partial charge in [-0.15, -0.1) is 0 Å². The Labute approximate surface area is 193 Å². The van der Waals surface area contributed by atoms with Crippen LogP contribution in [0.25, 0.3) is 22.3 Å². The number of nitrogens with one attached hydrogen (secondary N) is 1. The summed E-state index contributed by atoms with van der Waals surface area (Å²) < 4.78 is 23.7. The van der Waals surface area contributed by atoms with Gasteiger partial charge >= 0.3 is 0 Å². The fraction of sp³-hybridized carbons (Fsp3) is 0.280. The average Bonchev–Trinajstić information content (AvgIpc) is 3.31. The van der Waals surface area contributed by atoms with Crippen LogP contribution < -0.4 is 16.0 Å². The van der Waals surface area contributed by atoms with Gasteiger partial charge in [-0.2, -0.15) is 0 Å². The molecule has 1 fully saturated rings. The Hall–Kier alpha value is -3.39. The first-order valence-electron chi connectivity index (χ1n) is 11.0. The van der Waals surface area contributed by atoms with E-state index < -0.39 is 9.84 Å². The molecule has 1 atom stereocenters. The van der Waals surface area contributed by atoms with Crippen molar-refractivity contribution in [3.8, 4) is 22.3 Å². The third-order valence-corrected chi connectivity index (χ3v) is 8.17. The summed E-state index contributed by atoms with van der Waals surface area (Å²) in [7, 11) is -3.02. The summed E-state index contributed by atoms with van der Waals surface area (Å²) in [6.45, 7) is 1.90. The molecule has 2 aromatic carbocycles. The highest BCUT2D eigenvalue weighted by molar-refractivity contribution is 7.91. The predicted molar refractivity (Wildman–Crippen MR) is 131 cm³/mol. The van der Waals surface area contributed by atoms with E-state index in [0.29, 0.717) is 30.9 Å². The molecule has 2 aliphatic rings. The maximum atomic E-state index is 12.0. The molecule has 3 aromatic rings. The monoisotopic (exact) mass is 462 g/mol. The summed E-state index contributed by atoms with van der Waals surface area (Å²) in [6.07, 6.45) is 4.52. The molecule has 8 heteroatoms. The van der Waals surface area contributed by atoms with Gasteiger partial charge in [0.15, 0.2) is 9.84 Å². The molecule has 0 unspecified atom stereocenters. The lowest BCUT2D eigenvalue weighted by Gasteiger charge is -2.19. The Kier molecular flexibility index (Phi) is 5.32. The predicted octanol–water partition coefficient (Wildman–Crippen LogP) is 2.91. The first-order chi connectivity index (χ1) is 15.8. The number of pyridine rings is 1. The number of nitrogens with two attached hydrogens (primary N) is 1. The van der Waals surface area contributed by atoms with Crippen molar-refractivity contribution in [2.75, 3.05) is 36.5 Å². The van der Waals surface area contributed by atoms with Crippen molar-refractivity contribution in [3.63, 3.8) is 0 Å². The van der Waals surface area contributed by atoms with E-state index in [1.807, 2.05) is 48.5 Å². The lowest BCUT2D eigenvalue weighted by Crippen LogP contribution is -2.31. The van der Waals surface area contributed by atoms with E-state index in [1.165, 1.54) is 6.26 Å². The summed E-state index contributed by atoms with van der Waals surface area (Å²) >= 11 is 0. The highest BCUT2D eigenvalue weighted by Gasteiger charge is 2.30. The number of amides is 1. The first-order valence-corrected chi connectivity index (χ1v) is 13.0. The minimum atomic E-state index is -3.02. The van der Waals surface area contributed by atoms with Crippen molar-refractivity contribution in [3.05, 3.63) is 65.9 Å². The van der Waals surface area contributed by atoms with Crippen LogP contribution in [0.15, 0.2) is 54.7 Å². The first kappa shape index (κ1) is 21.5. The Morgan fingerprint density at radius 2 is 1.79 bits per heavy atom. The van der Waals surface area contributed by atoms with Crippen LogP contribution in [0.2, 0.25) is 0 Å². The Morgan fingerprint density at radius 3 is 2.52 bits per heavy atom. The van der Waals surface area contributed by atoms with E-state index in [-0.39, 0.29) is 11.2 Å². The molecule has 0 bridgehead atoms. The van der Waals surface area contributed by atoms with E-state index in [1.54, 1.807) is 6.20 Å². The lowest BCUT2D eigenvalue weighted by atomic mass is 9.94. The molecular formula is C25H26N4O3S. The standard InChI is InChI=1S/C25H26N4O3S/c1-33(31,32)21-9-11-29(15-21)20-5-2-16(3-6-20)19-13-23(24(26)28-14-19)17-4-7-22-18(12-17)8-10-27-25(22)30/h2-7,12-14,21H,8-11,15H2,1H3,(H2,26,28)(H,27,30)/t21-/m1/s1. The van der Waals surface area contributed by atoms with Gasteiger partial charge in [0.05, 0.1) is 5.25 Å². The van der Waals surface area contributed by atoms with Crippen molar-refractivity contribution in [2.45, 2.75) is 18.1 Å². The number of sulfone groups is 1. The third kappa shape index (κ3) is 4.18. The number of anilines is 2. The second kappa shape index (κ2) is 8.19. The molecule has 5 rings (SSSR count). The molecule has 1 aromatic heterocycles. The van der Waals surface area contributed by atoms with Crippen LogP contribution in [0, 0.1) is 0 Å². The van der Waals surface area contributed by atoms with E-state index >= 15 is 0 Å². The second-order valence-corrected chi connectivity index (χ2v) is 11.1. The molecular weight excluding hydrogens is 436 g/mol. The molecule has 1 amide bonds. The highest BCUT2D eigenvalue weighted by atomic mass is 32.2. The number of hydrogen-bond donors (Lipinski definition) is 2. The Morgan fingerprint density at radius 1 is 1.03 bits per heavy atom. The maximum Gasteiger partial charge on any atom is 0.251 e. The summed E-state index contributed by atoms with van der Waals surface area (Å²) in [5, 5.41) is 2.56. The SMILES string of the molecule is CS(=O)(=O)[C@@H]1CCN(c2ccc(-c3cnc(N)c(-c4ccc5c(c4)CCNC5=O)c3)cc2)C1. The van der Waals surface area contributed by atoms with Crippen LogP contribution in [0.5, 0.6) is 0 Å². The second-order valence-electron chi connectivity index (χ2n) is 8.77. The highest BCUT2D eigenvalue weighted by Crippen LogP contribution is 2.33. The largest absolute Gasteiger partial charge is 0.383 e. The molecule has 2 aliphatic heterocycles. The van der Waals surface area contributed by atoms with Gasteiger partial charge < -0.3 is 16.0 Å². The fourth-order valence-electron chi connectivity index (χ4n) is 4.64. The summed E-state index contributed by atoms with van der Waals surface area (Å²) in [4.78, 5) is 18.6. The van der Waals surface area contributed by atoms with Gasteiger partial charge in [-0.05, 0) is 53.8 Å². The van der Waals surface area contributed by atoms with Gasteiger partial charge in [0.1, 0.15) is 5.82 Å². The zero-order valence-electron chi connectivity index (χ0n) is 18.4. The third-order valence-electron chi connectivity index (χ3n) is 6.58. The number of hydrogen-bond acceptors (Lipinski definition) is 6. The van der Waals surface area contributed by atoms with Crippen molar-refractivity contribution >= 4 is 27.2 Å². The molecule has 3 heterocycles. The number of carbonyl (C=O) groups excluding carboxylic acids is 1. The van der Waals surface area contributed by atoms with E-state index in [9.17, 15) is 13.2 Å². The number of nitrogens with zero attached hydrogens (tertiary/aromatic N) is 2. The Bertz CT molecular complexity index is 1340. The van der Waals surface area contributed by atoms with Crippen molar-refractivity contribution in [1.82, 2.24) is 10.3 Å². The van der Waals surface area contributed by atoms with Crippen LogP contribution in [0.4, 0.5) is 11.5 Å². The maximum absolute atomic E-state index is 12.0. The average molecular weight is 463 g/mol. The van der Waals surface area contributed by atoms with Crippen LogP contribution >= 0.6 is 0 Å². The van der Waals surface area contributed by atoms with E-state index in [2.05, 4.69) is 15.2 Å². The molecule has 170 valence electrons. The van der Waals surface area contributed by atoms with E-state index in [0.717, 1.165) is 46.5 Å². The molecule has 0 saturated carbocycles. The molecule has 33 heavy (non-hydrogen) atoms. The fourth-order valence-corrected chi connectivity index (χ4v) is 5.62. The number of benzene rings is 2. The number of nitrogen functional groups attached to an aromatic ring is 1. The van der Waals surface area contributed by atoms with Crippen LogP contribution in [-0.4, -0.2) is 50.4 Å². The normalized spacial score (nSPS) is 18.2. The van der Waals surface area contributed by atoms with Crippen LogP contribution in [-0.2, 0) is 16.3 Å². The molecule has 0 spiro atoms. The van der Waals surface area contributed by atoms with Crippen LogP contribution in [0.1, 0.15) is 22.3 Å². The zero-order valence-corrected chi connectivity index (χ0v) is 19.2. The molecule has 3 N–H and O–H groups in total. The lowest BCUT2D eigenvalue weighted by molar-refractivity contribution is 0.0946. The number of aromatic nitrogens is 1. The van der Waals surface area contributed by atoms with Crippen molar-refractivity contribution < 1.29 is 13.2 Å². The van der Waals surface area contributed by atoms with Crippen molar-refractivity contribution in [2.24, 2.45) is 0 Å². The minimum Gasteiger partial charge on any atom is -0.383 e. The minimum absolute atomic E-state index is 0.0383. The topological polar surface area (TPSA) is 105 Å². The number of fused-ring (bicyclic) bond motifs is 1. The molecule has 0 aliphatic carbocycles. The van der Waals surface area contributed by atoms with Gasteiger partial charge in [0, 0.05) is 54.5 Å². The zero-order chi connectivity index (χ0) is 23.2. The Balaban J connectivity index is 1.41. The number of carbonyl (C=O) groups is 1.